The Bertz CT molecular complexity index is 198. The van der Waals surface area contributed by atoms with Gasteiger partial charge in [0.25, 0.3) is 0 Å². The van der Waals surface area contributed by atoms with Gasteiger partial charge in [-0.1, -0.05) is 17.7 Å². The number of hydrogen-bond donors (Lipinski definition) is 0. The summed E-state index contributed by atoms with van der Waals surface area (Å²) < 4.78 is 4.83. The van der Waals surface area contributed by atoms with E-state index in [2.05, 4.69) is 12.1 Å². The number of methoxy groups -OCH3 is 1. The molecule has 0 saturated carbocycles. The molecule has 0 radical (unpaired) electrons. The molecule has 0 bridgehead atoms. The van der Waals surface area contributed by atoms with Gasteiger partial charge in [-0.25, -0.2) is 0 Å². The maximum Gasteiger partial charge on any atom is 0.188 e. The van der Waals surface area contributed by atoms with Crippen LogP contribution in [0.5, 0.6) is 5.75 Å². The summed E-state index contributed by atoms with van der Waals surface area (Å²) >= 11 is 5.65. The molecular weight excluding hydrogens is 136 g/mol. The lowest BCUT2D eigenvalue weighted by Crippen LogP contribution is -1.80. The van der Waals surface area contributed by atoms with Crippen LogP contribution in [0.2, 0.25) is 5.02 Å². The van der Waals surface area contributed by atoms with E-state index in [0.29, 0.717) is 10.8 Å². The highest BCUT2D eigenvalue weighted by molar-refractivity contribution is 6.31. The molecule has 0 N–H and O–H groups in total. The fraction of sp³-hybridized carbons (Fsp3) is 0.143. The minimum absolute atomic E-state index is 0.541. The molecule has 0 atom stereocenters. The van der Waals surface area contributed by atoms with Crippen molar-refractivity contribution < 1.29 is 4.74 Å². The van der Waals surface area contributed by atoms with Gasteiger partial charge in [-0.05, 0) is 18.2 Å². The van der Waals surface area contributed by atoms with Crippen LogP contribution >= 0.6 is 11.6 Å². The summed E-state index contributed by atoms with van der Waals surface area (Å²) in [5, 5.41) is 0.566. The van der Waals surface area contributed by atoms with Gasteiger partial charge in [0.15, 0.2) is 5.75 Å². The average molecular weight is 141 g/mol. The molecule has 1 rings (SSSR count). The zero-order valence-electron chi connectivity index (χ0n) is 4.94. The Labute approximate surface area is 59.2 Å². The first-order valence-electron chi connectivity index (χ1n) is 2.46. The predicted octanol–water partition coefficient (Wildman–Crippen LogP) is 1.95. The standard InChI is InChI=1S/C7H5ClO/c1-9-7-5-3-2-4-6(7)8/h2,4H,1H3. The van der Waals surface area contributed by atoms with Crippen LogP contribution in [0.3, 0.4) is 0 Å². The summed E-state index contributed by atoms with van der Waals surface area (Å²) in [5.41, 5.74) is 0. The maximum absolute atomic E-state index is 5.65. The third kappa shape index (κ3) is 1.28. The minimum Gasteiger partial charge on any atom is -0.487 e. The largest absolute Gasteiger partial charge is 0.487 e. The van der Waals surface area contributed by atoms with Gasteiger partial charge < -0.3 is 4.74 Å². The second-order valence-electron chi connectivity index (χ2n) is 1.48. The van der Waals surface area contributed by atoms with E-state index >= 15 is 0 Å². The first kappa shape index (κ1) is 6.25. The second-order valence-corrected chi connectivity index (χ2v) is 1.89. The van der Waals surface area contributed by atoms with Gasteiger partial charge >= 0.3 is 0 Å². The third-order valence-corrected chi connectivity index (χ3v) is 1.22. The molecule has 0 spiro atoms. The molecule has 0 fully saturated rings. The fourth-order valence-electron chi connectivity index (χ4n) is 0.506. The van der Waals surface area contributed by atoms with Crippen molar-refractivity contribution in [1.29, 1.82) is 0 Å². The normalized spacial score (nSPS) is 8.22. The highest BCUT2D eigenvalue weighted by Gasteiger charge is 1.92. The molecule has 46 valence electrons. The summed E-state index contributed by atoms with van der Waals surface area (Å²) in [5.74, 6) is 0.541. The molecule has 9 heavy (non-hydrogen) atoms. The van der Waals surface area contributed by atoms with Crippen LogP contribution in [0.4, 0.5) is 0 Å². The van der Waals surface area contributed by atoms with Crippen molar-refractivity contribution in [2.24, 2.45) is 0 Å². The second kappa shape index (κ2) is 2.61. The van der Waals surface area contributed by atoms with Crippen molar-refractivity contribution in [3.63, 3.8) is 0 Å². The molecule has 0 unspecified atom stereocenters. The van der Waals surface area contributed by atoms with Gasteiger partial charge in [0.05, 0.1) is 12.1 Å². The highest BCUT2D eigenvalue weighted by Crippen LogP contribution is 2.18. The van der Waals surface area contributed by atoms with Crippen LogP contribution in [0.25, 0.3) is 0 Å². The van der Waals surface area contributed by atoms with E-state index in [1.165, 1.54) is 0 Å². The Morgan fingerprint density at radius 3 is 2.89 bits per heavy atom. The Balaban J connectivity index is 3.01. The Morgan fingerprint density at radius 1 is 1.67 bits per heavy atom. The number of ether oxygens (including phenoxy) is 1. The molecule has 0 aromatic heterocycles. The van der Waals surface area contributed by atoms with Crippen molar-refractivity contribution in [2.45, 2.75) is 0 Å². The van der Waals surface area contributed by atoms with Gasteiger partial charge in [-0.3, -0.25) is 0 Å². The molecule has 0 saturated heterocycles. The van der Waals surface area contributed by atoms with E-state index in [0.717, 1.165) is 0 Å². The summed E-state index contributed by atoms with van der Waals surface area (Å²) in [6.45, 7) is 0. The van der Waals surface area contributed by atoms with Crippen molar-refractivity contribution in [1.82, 2.24) is 0 Å². The summed E-state index contributed by atoms with van der Waals surface area (Å²) in [6, 6.07) is 8.82. The van der Waals surface area contributed by atoms with Gasteiger partial charge in [0.2, 0.25) is 0 Å². The zero-order valence-corrected chi connectivity index (χ0v) is 5.70. The minimum atomic E-state index is 0.541. The predicted molar refractivity (Wildman–Crippen MR) is 35.7 cm³/mol. The van der Waals surface area contributed by atoms with E-state index in [4.69, 9.17) is 16.3 Å². The smallest absolute Gasteiger partial charge is 0.188 e. The van der Waals surface area contributed by atoms with Crippen LogP contribution in [-0.2, 0) is 0 Å². The van der Waals surface area contributed by atoms with Crippen LogP contribution < -0.4 is 4.74 Å². The van der Waals surface area contributed by atoms with Gasteiger partial charge in [-0.15, -0.1) is 0 Å². The zero-order chi connectivity index (χ0) is 6.69. The SMILES string of the molecule is COc1c#cccc1Cl. The first-order valence-corrected chi connectivity index (χ1v) is 2.84. The highest BCUT2D eigenvalue weighted by atomic mass is 35.5. The molecule has 0 amide bonds. The van der Waals surface area contributed by atoms with Crippen molar-refractivity contribution >= 4 is 11.6 Å². The van der Waals surface area contributed by atoms with Gasteiger partial charge in [0, 0.05) is 0 Å². The fourth-order valence-corrected chi connectivity index (χ4v) is 0.693. The Morgan fingerprint density at radius 2 is 2.44 bits per heavy atom. The maximum atomic E-state index is 5.65. The van der Waals surface area contributed by atoms with Gasteiger partial charge in [0.1, 0.15) is 0 Å². The van der Waals surface area contributed by atoms with Crippen molar-refractivity contribution in [3.05, 3.63) is 29.3 Å². The molecule has 0 aliphatic rings. The number of halogens is 1. The lowest BCUT2D eigenvalue weighted by Gasteiger charge is -1.94. The molecule has 0 heterocycles. The monoisotopic (exact) mass is 140 g/mol. The van der Waals surface area contributed by atoms with E-state index in [-0.39, 0.29) is 0 Å². The summed E-state index contributed by atoms with van der Waals surface area (Å²) in [6.07, 6.45) is 0. The van der Waals surface area contributed by atoms with Crippen LogP contribution in [-0.4, -0.2) is 7.11 Å². The van der Waals surface area contributed by atoms with Gasteiger partial charge in [-0.2, -0.15) is 0 Å². The molecule has 1 aromatic carbocycles. The van der Waals surface area contributed by atoms with E-state index < -0.39 is 0 Å². The lowest BCUT2D eigenvalue weighted by molar-refractivity contribution is 0.415. The van der Waals surface area contributed by atoms with Crippen molar-refractivity contribution in [2.75, 3.05) is 7.11 Å². The quantitative estimate of drug-likeness (QED) is 0.580. The topological polar surface area (TPSA) is 9.23 Å². The Hall–Kier alpha value is -0.870. The van der Waals surface area contributed by atoms with E-state index in [1.807, 2.05) is 0 Å². The Kier molecular flexibility index (Phi) is 1.81. The van der Waals surface area contributed by atoms with E-state index in [9.17, 15) is 0 Å². The van der Waals surface area contributed by atoms with Crippen LogP contribution in [0, 0.1) is 12.1 Å². The van der Waals surface area contributed by atoms with Crippen LogP contribution in [0.1, 0.15) is 0 Å². The number of rotatable bonds is 1. The average Bonchev–Trinajstić information content (AvgIpc) is 1.89. The lowest BCUT2D eigenvalue weighted by atomic mass is 10.4. The molecule has 1 nitrogen and oxygen atoms in total. The summed E-state index contributed by atoms with van der Waals surface area (Å²) in [7, 11) is 1.55. The van der Waals surface area contributed by atoms with E-state index in [1.54, 1.807) is 19.2 Å². The molecule has 0 aliphatic heterocycles. The third-order valence-electron chi connectivity index (χ3n) is 0.920. The molecule has 2 heteroatoms. The first-order chi connectivity index (χ1) is 4.34. The van der Waals surface area contributed by atoms with Crippen molar-refractivity contribution in [3.8, 4) is 5.75 Å². The van der Waals surface area contributed by atoms with Crippen LogP contribution in [0.15, 0.2) is 12.1 Å². The summed E-state index contributed by atoms with van der Waals surface area (Å²) in [4.78, 5) is 0. The molecule has 1 aromatic rings. The molecular formula is C7H5ClO. The number of hydrogen-bond acceptors (Lipinski definition) is 1. The molecule has 0 aliphatic carbocycles.